The molecule has 0 unspecified atom stereocenters. The van der Waals surface area contributed by atoms with E-state index < -0.39 is 0 Å². The third-order valence-electron chi connectivity index (χ3n) is 6.73. The van der Waals surface area contributed by atoms with E-state index in [-0.39, 0.29) is 17.8 Å². The van der Waals surface area contributed by atoms with Crippen LogP contribution in [0.1, 0.15) is 71.8 Å². The summed E-state index contributed by atoms with van der Waals surface area (Å²) in [5, 5.41) is 4.76. The number of carbonyl (C=O) groups is 1. The molecule has 2 aliphatic rings. The van der Waals surface area contributed by atoms with Crippen LogP contribution in [0.4, 0.5) is 4.39 Å². The minimum atomic E-state index is -0.247. The molecule has 3 aromatic rings. The van der Waals surface area contributed by atoms with Crippen molar-refractivity contribution in [1.82, 2.24) is 19.7 Å². The van der Waals surface area contributed by atoms with Gasteiger partial charge in [0.1, 0.15) is 11.5 Å². The Morgan fingerprint density at radius 1 is 1.09 bits per heavy atom. The van der Waals surface area contributed by atoms with E-state index in [1.54, 1.807) is 12.1 Å². The normalized spacial score (nSPS) is 18.1. The zero-order valence-corrected chi connectivity index (χ0v) is 18.8. The van der Waals surface area contributed by atoms with Crippen molar-refractivity contribution in [3.05, 3.63) is 70.6 Å². The molecule has 1 amide bonds. The summed E-state index contributed by atoms with van der Waals surface area (Å²) in [5.74, 6) is -0.167. The average Bonchev–Trinajstić information content (AvgIpc) is 3.43. The molecule has 0 radical (unpaired) electrons. The van der Waals surface area contributed by atoms with Crippen LogP contribution in [0, 0.1) is 12.7 Å². The van der Waals surface area contributed by atoms with Crippen LogP contribution in [0.5, 0.6) is 0 Å². The highest BCUT2D eigenvalue weighted by atomic mass is 19.1. The summed E-state index contributed by atoms with van der Waals surface area (Å²) < 4.78 is 15.3. The molecule has 1 aliphatic heterocycles. The molecule has 1 fully saturated rings. The number of halogens is 1. The Balaban J connectivity index is 1.50. The number of carbonyl (C=O) groups excluding carboxylic acids is 1. The van der Waals surface area contributed by atoms with Gasteiger partial charge in [0.15, 0.2) is 0 Å². The van der Waals surface area contributed by atoms with Crippen molar-refractivity contribution in [1.29, 1.82) is 0 Å². The van der Waals surface area contributed by atoms with Crippen molar-refractivity contribution in [3.63, 3.8) is 0 Å². The molecule has 3 heterocycles. The molecule has 1 aromatic carbocycles. The minimum Gasteiger partial charge on any atom is -0.329 e. The fourth-order valence-electron chi connectivity index (χ4n) is 5.20. The van der Waals surface area contributed by atoms with E-state index in [1.807, 2.05) is 29.5 Å². The standard InChI is InChI=1S/C26H29FN4O/c1-3-31-25(21-7-4-5-8-22(21)29-31)26(32)30-14-6-9-24(30)23-16-19(15-17(2)28-23)18-10-12-20(27)13-11-18/h10-13,15-16,24H,3-9,14H2,1-2H3/t24-/m1/s1. The molecule has 2 aromatic heterocycles. The summed E-state index contributed by atoms with van der Waals surface area (Å²) in [6.45, 7) is 5.45. The van der Waals surface area contributed by atoms with Gasteiger partial charge in [-0.15, -0.1) is 0 Å². The third kappa shape index (κ3) is 3.72. The van der Waals surface area contributed by atoms with Crippen LogP contribution >= 0.6 is 0 Å². The molecule has 1 atom stereocenters. The number of hydrogen-bond donors (Lipinski definition) is 0. The summed E-state index contributed by atoms with van der Waals surface area (Å²) >= 11 is 0. The molecule has 1 saturated heterocycles. The Morgan fingerprint density at radius 2 is 1.88 bits per heavy atom. The number of nitrogens with zero attached hydrogens (tertiary/aromatic N) is 4. The summed E-state index contributed by atoms with van der Waals surface area (Å²) in [5.41, 5.74) is 6.79. The number of benzene rings is 1. The topological polar surface area (TPSA) is 51.0 Å². The van der Waals surface area contributed by atoms with Gasteiger partial charge < -0.3 is 4.90 Å². The monoisotopic (exact) mass is 432 g/mol. The van der Waals surface area contributed by atoms with E-state index in [2.05, 4.69) is 6.07 Å². The number of hydrogen-bond acceptors (Lipinski definition) is 3. The molecule has 1 aliphatic carbocycles. The van der Waals surface area contributed by atoms with Crippen LogP contribution in [0.2, 0.25) is 0 Å². The van der Waals surface area contributed by atoms with E-state index in [1.165, 1.54) is 12.1 Å². The van der Waals surface area contributed by atoms with Gasteiger partial charge in [-0.1, -0.05) is 12.1 Å². The predicted octanol–water partition coefficient (Wildman–Crippen LogP) is 5.27. The van der Waals surface area contributed by atoms with E-state index >= 15 is 0 Å². The number of pyridine rings is 1. The first-order chi connectivity index (χ1) is 15.5. The second-order valence-corrected chi connectivity index (χ2v) is 8.88. The number of aryl methyl sites for hydroxylation is 3. The Kier molecular flexibility index (Phi) is 5.53. The predicted molar refractivity (Wildman–Crippen MR) is 122 cm³/mol. The maximum absolute atomic E-state index is 13.8. The van der Waals surface area contributed by atoms with Gasteiger partial charge in [0.2, 0.25) is 0 Å². The van der Waals surface area contributed by atoms with E-state index in [9.17, 15) is 9.18 Å². The molecule has 0 spiro atoms. The molecule has 0 N–H and O–H groups in total. The molecular weight excluding hydrogens is 403 g/mol. The van der Waals surface area contributed by atoms with Crippen molar-refractivity contribution in [2.75, 3.05) is 6.54 Å². The Labute approximate surface area is 188 Å². The van der Waals surface area contributed by atoms with E-state index in [0.717, 1.165) is 84.5 Å². The number of amides is 1. The van der Waals surface area contributed by atoms with Gasteiger partial charge in [-0.2, -0.15) is 5.10 Å². The second kappa shape index (κ2) is 8.49. The van der Waals surface area contributed by atoms with Gasteiger partial charge in [0.05, 0.1) is 17.4 Å². The lowest BCUT2D eigenvalue weighted by atomic mass is 9.95. The average molecular weight is 433 g/mol. The Bertz CT molecular complexity index is 1150. The van der Waals surface area contributed by atoms with Crippen molar-refractivity contribution < 1.29 is 9.18 Å². The molecule has 5 nitrogen and oxygen atoms in total. The Hall–Kier alpha value is -3.02. The van der Waals surface area contributed by atoms with Gasteiger partial charge >= 0.3 is 0 Å². The number of aromatic nitrogens is 3. The lowest BCUT2D eigenvalue weighted by molar-refractivity contribution is 0.0719. The van der Waals surface area contributed by atoms with Gasteiger partial charge in [0, 0.05) is 24.3 Å². The van der Waals surface area contributed by atoms with Gasteiger partial charge in [-0.05, 0) is 87.8 Å². The molecule has 166 valence electrons. The molecule has 0 bridgehead atoms. The van der Waals surface area contributed by atoms with Gasteiger partial charge in [0.25, 0.3) is 5.91 Å². The third-order valence-corrected chi connectivity index (χ3v) is 6.73. The van der Waals surface area contributed by atoms with E-state index in [0.29, 0.717) is 6.54 Å². The fraction of sp³-hybridized carbons (Fsp3) is 0.423. The van der Waals surface area contributed by atoms with Crippen LogP contribution in [0.3, 0.4) is 0 Å². The highest BCUT2D eigenvalue weighted by Gasteiger charge is 2.35. The maximum atomic E-state index is 13.8. The van der Waals surface area contributed by atoms with Crippen LogP contribution in [-0.2, 0) is 19.4 Å². The van der Waals surface area contributed by atoms with Crippen molar-refractivity contribution in [2.45, 2.75) is 65.0 Å². The second-order valence-electron chi connectivity index (χ2n) is 8.88. The minimum absolute atomic E-state index is 0.0546. The smallest absolute Gasteiger partial charge is 0.272 e. The van der Waals surface area contributed by atoms with Crippen molar-refractivity contribution in [3.8, 4) is 11.1 Å². The largest absolute Gasteiger partial charge is 0.329 e. The zero-order chi connectivity index (χ0) is 22.2. The summed E-state index contributed by atoms with van der Waals surface area (Å²) in [7, 11) is 0. The quantitative estimate of drug-likeness (QED) is 0.564. The maximum Gasteiger partial charge on any atom is 0.272 e. The van der Waals surface area contributed by atoms with Crippen molar-refractivity contribution in [2.24, 2.45) is 0 Å². The lowest BCUT2D eigenvalue weighted by Crippen LogP contribution is -2.33. The fourth-order valence-corrected chi connectivity index (χ4v) is 5.20. The first-order valence-corrected chi connectivity index (χ1v) is 11.7. The number of fused-ring (bicyclic) bond motifs is 1. The van der Waals surface area contributed by atoms with Crippen LogP contribution in [0.25, 0.3) is 11.1 Å². The first kappa shape index (κ1) is 20.9. The van der Waals surface area contributed by atoms with Gasteiger partial charge in [-0.3, -0.25) is 14.5 Å². The SMILES string of the molecule is CCn1nc2c(c1C(=O)N1CCC[C@@H]1c1cc(-c3ccc(F)cc3)cc(C)n1)CCCC2. The number of likely N-dealkylation sites (tertiary alicyclic amines) is 1. The summed E-state index contributed by atoms with van der Waals surface area (Å²) in [6.07, 6.45) is 6.02. The highest BCUT2D eigenvalue weighted by Crippen LogP contribution is 2.36. The summed E-state index contributed by atoms with van der Waals surface area (Å²) in [4.78, 5) is 20.6. The summed E-state index contributed by atoms with van der Waals surface area (Å²) in [6, 6.07) is 10.6. The van der Waals surface area contributed by atoms with Crippen LogP contribution < -0.4 is 0 Å². The van der Waals surface area contributed by atoms with Crippen LogP contribution in [0.15, 0.2) is 36.4 Å². The zero-order valence-electron chi connectivity index (χ0n) is 18.8. The molecule has 0 saturated carbocycles. The van der Waals surface area contributed by atoms with Gasteiger partial charge in [-0.25, -0.2) is 4.39 Å². The first-order valence-electron chi connectivity index (χ1n) is 11.7. The highest BCUT2D eigenvalue weighted by molar-refractivity contribution is 5.95. The van der Waals surface area contributed by atoms with Crippen LogP contribution in [-0.4, -0.2) is 32.1 Å². The molecule has 6 heteroatoms. The molecular formula is C26H29FN4O. The molecule has 5 rings (SSSR count). The Morgan fingerprint density at radius 3 is 2.66 bits per heavy atom. The lowest BCUT2D eigenvalue weighted by Gasteiger charge is -2.26. The van der Waals surface area contributed by atoms with E-state index in [4.69, 9.17) is 10.1 Å². The molecule has 32 heavy (non-hydrogen) atoms. The number of rotatable bonds is 4. The van der Waals surface area contributed by atoms with Crippen molar-refractivity contribution >= 4 is 5.91 Å².